The highest BCUT2D eigenvalue weighted by atomic mass is 19.1. The number of H-pyrrole nitrogens is 1. The maximum absolute atomic E-state index is 13.4. The molecule has 0 unspecified atom stereocenters. The number of nitrogens with one attached hydrogen (secondary N) is 2. The first-order valence-corrected chi connectivity index (χ1v) is 5.97. The van der Waals surface area contributed by atoms with Gasteiger partial charge in [0, 0.05) is 12.1 Å². The van der Waals surface area contributed by atoms with Crippen molar-refractivity contribution in [2.75, 3.05) is 5.73 Å². The SMILES string of the molecule is CCc1[nH]nc(C(=O)NCc2ccccc2F)c1N. The number of anilines is 1. The van der Waals surface area contributed by atoms with Crippen LogP contribution in [0.25, 0.3) is 0 Å². The van der Waals surface area contributed by atoms with Gasteiger partial charge < -0.3 is 11.1 Å². The van der Waals surface area contributed by atoms with Gasteiger partial charge in [-0.1, -0.05) is 25.1 Å². The van der Waals surface area contributed by atoms with Crippen LogP contribution < -0.4 is 11.1 Å². The molecule has 6 heteroatoms. The van der Waals surface area contributed by atoms with E-state index >= 15 is 0 Å². The maximum Gasteiger partial charge on any atom is 0.274 e. The molecule has 1 heterocycles. The van der Waals surface area contributed by atoms with Crippen molar-refractivity contribution in [2.24, 2.45) is 0 Å². The van der Waals surface area contributed by atoms with E-state index in [0.29, 0.717) is 17.7 Å². The zero-order valence-electron chi connectivity index (χ0n) is 10.5. The number of nitrogens with zero attached hydrogens (tertiary/aromatic N) is 1. The molecule has 100 valence electrons. The van der Waals surface area contributed by atoms with Gasteiger partial charge in [-0.25, -0.2) is 4.39 Å². The summed E-state index contributed by atoms with van der Waals surface area (Å²) in [6.07, 6.45) is 0.666. The molecular formula is C13H15FN4O. The Kier molecular flexibility index (Phi) is 3.79. The summed E-state index contributed by atoms with van der Waals surface area (Å²) in [5.74, 6) is -0.774. The van der Waals surface area contributed by atoms with Crippen molar-refractivity contribution in [3.8, 4) is 0 Å². The third kappa shape index (κ3) is 2.73. The smallest absolute Gasteiger partial charge is 0.274 e. The number of amides is 1. The molecule has 2 aromatic rings. The number of carbonyl (C=O) groups is 1. The van der Waals surface area contributed by atoms with Crippen molar-refractivity contribution in [3.05, 3.63) is 47.0 Å². The molecule has 5 nitrogen and oxygen atoms in total. The predicted molar refractivity (Wildman–Crippen MR) is 69.9 cm³/mol. The lowest BCUT2D eigenvalue weighted by Gasteiger charge is -2.05. The lowest BCUT2D eigenvalue weighted by molar-refractivity contribution is 0.0946. The molecule has 19 heavy (non-hydrogen) atoms. The van der Waals surface area contributed by atoms with Crippen LogP contribution >= 0.6 is 0 Å². The summed E-state index contributed by atoms with van der Waals surface area (Å²) in [6.45, 7) is 2.00. The fourth-order valence-corrected chi connectivity index (χ4v) is 1.73. The summed E-state index contributed by atoms with van der Waals surface area (Å²) < 4.78 is 13.4. The van der Waals surface area contributed by atoms with Crippen LogP contribution in [0.1, 0.15) is 28.7 Å². The third-order valence-corrected chi connectivity index (χ3v) is 2.85. The first kappa shape index (κ1) is 13.1. The second-order valence-electron chi connectivity index (χ2n) is 4.09. The Morgan fingerprint density at radius 2 is 2.21 bits per heavy atom. The normalized spacial score (nSPS) is 10.4. The van der Waals surface area contributed by atoms with Gasteiger partial charge >= 0.3 is 0 Å². The summed E-state index contributed by atoms with van der Waals surface area (Å²) in [7, 11) is 0. The van der Waals surface area contributed by atoms with Crippen molar-refractivity contribution in [2.45, 2.75) is 19.9 Å². The number of halogens is 1. The predicted octanol–water partition coefficient (Wildman–Crippen LogP) is 1.62. The number of nitrogens with two attached hydrogens (primary N) is 1. The zero-order chi connectivity index (χ0) is 13.8. The van der Waals surface area contributed by atoms with E-state index in [1.54, 1.807) is 18.2 Å². The highest BCUT2D eigenvalue weighted by Crippen LogP contribution is 2.14. The standard InChI is InChI=1S/C13H15FN4O/c1-2-10-11(15)12(18-17-10)13(19)16-7-8-5-3-4-6-9(8)14/h3-6H,2,7,15H2,1H3,(H,16,19)(H,17,18). The minimum atomic E-state index is -0.420. The van der Waals surface area contributed by atoms with E-state index in [1.807, 2.05) is 6.92 Å². The van der Waals surface area contributed by atoms with Crippen LogP contribution in [0, 0.1) is 5.82 Å². The molecular weight excluding hydrogens is 247 g/mol. The van der Waals surface area contributed by atoms with Gasteiger partial charge in [0.15, 0.2) is 5.69 Å². The summed E-state index contributed by atoms with van der Waals surface area (Å²) >= 11 is 0. The van der Waals surface area contributed by atoms with Crippen molar-refractivity contribution in [1.29, 1.82) is 0 Å². The molecule has 0 radical (unpaired) electrons. The maximum atomic E-state index is 13.4. The number of benzene rings is 1. The molecule has 2 rings (SSSR count). The van der Waals surface area contributed by atoms with Crippen LogP contribution in [0.5, 0.6) is 0 Å². The van der Waals surface area contributed by atoms with Gasteiger partial charge in [-0.3, -0.25) is 9.89 Å². The van der Waals surface area contributed by atoms with Crippen molar-refractivity contribution in [3.63, 3.8) is 0 Å². The Bertz CT molecular complexity index is 594. The summed E-state index contributed by atoms with van der Waals surface area (Å²) in [5.41, 5.74) is 7.41. The minimum absolute atomic E-state index is 0.0965. The molecule has 0 aliphatic carbocycles. The molecule has 1 amide bonds. The Balaban J connectivity index is 2.06. The van der Waals surface area contributed by atoms with Crippen LogP contribution in [0.2, 0.25) is 0 Å². The molecule has 1 aromatic carbocycles. The third-order valence-electron chi connectivity index (χ3n) is 2.85. The fraction of sp³-hybridized carbons (Fsp3) is 0.231. The zero-order valence-corrected chi connectivity index (χ0v) is 10.5. The van der Waals surface area contributed by atoms with Crippen LogP contribution in [0.4, 0.5) is 10.1 Å². The van der Waals surface area contributed by atoms with Crippen LogP contribution in [-0.4, -0.2) is 16.1 Å². The van der Waals surface area contributed by atoms with Crippen molar-refractivity contribution < 1.29 is 9.18 Å². The van der Waals surface area contributed by atoms with Crippen molar-refractivity contribution >= 4 is 11.6 Å². The van der Waals surface area contributed by atoms with E-state index in [-0.39, 0.29) is 18.1 Å². The minimum Gasteiger partial charge on any atom is -0.395 e. The summed E-state index contributed by atoms with van der Waals surface area (Å²) in [4.78, 5) is 11.9. The molecule has 0 aliphatic rings. The van der Waals surface area contributed by atoms with Gasteiger partial charge in [0.1, 0.15) is 5.82 Å². The van der Waals surface area contributed by atoms with Gasteiger partial charge in [-0.15, -0.1) is 0 Å². The highest BCUT2D eigenvalue weighted by Gasteiger charge is 2.16. The summed E-state index contributed by atoms with van der Waals surface area (Å²) in [6, 6.07) is 6.27. The van der Waals surface area contributed by atoms with Gasteiger partial charge in [-0.05, 0) is 12.5 Å². The monoisotopic (exact) mass is 262 g/mol. The second kappa shape index (κ2) is 5.51. The Hall–Kier alpha value is -2.37. The number of aryl methyl sites for hydroxylation is 1. The lowest BCUT2D eigenvalue weighted by atomic mass is 10.2. The first-order valence-electron chi connectivity index (χ1n) is 5.97. The van der Waals surface area contributed by atoms with E-state index in [4.69, 9.17) is 5.73 Å². The molecule has 0 aliphatic heterocycles. The molecule has 0 saturated carbocycles. The van der Waals surface area contributed by atoms with E-state index in [9.17, 15) is 9.18 Å². The quantitative estimate of drug-likeness (QED) is 0.783. The average Bonchev–Trinajstić information content (AvgIpc) is 2.78. The Labute approximate surface area is 110 Å². The average molecular weight is 262 g/mol. The number of carbonyl (C=O) groups excluding carboxylic acids is 1. The van der Waals surface area contributed by atoms with E-state index in [2.05, 4.69) is 15.5 Å². The van der Waals surface area contributed by atoms with E-state index < -0.39 is 5.91 Å². The number of nitrogen functional groups attached to an aromatic ring is 1. The molecule has 0 fully saturated rings. The topological polar surface area (TPSA) is 83.8 Å². The van der Waals surface area contributed by atoms with Gasteiger partial charge in [-0.2, -0.15) is 5.10 Å². The molecule has 1 aromatic heterocycles. The molecule has 0 saturated heterocycles. The number of rotatable bonds is 4. The van der Waals surface area contributed by atoms with Crippen LogP contribution in [-0.2, 0) is 13.0 Å². The number of aromatic nitrogens is 2. The molecule has 4 N–H and O–H groups in total. The molecule has 0 spiro atoms. The summed E-state index contributed by atoms with van der Waals surface area (Å²) in [5, 5.41) is 9.16. The van der Waals surface area contributed by atoms with Gasteiger partial charge in [0.05, 0.1) is 11.4 Å². The first-order chi connectivity index (χ1) is 9.13. The van der Waals surface area contributed by atoms with Crippen molar-refractivity contribution in [1.82, 2.24) is 15.5 Å². The van der Waals surface area contributed by atoms with Gasteiger partial charge in [0.2, 0.25) is 0 Å². The number of hydrogen-bond donors (Lipinski definition) is 3. The van der Waals surface area contributed by atoms with Crippen LogP contribution in [0.3, 0.4) is 0 Å². The molecule has 0 atom stereocenters. The van der Waals surface area contributed by atoms with E-state index in [0.717, 1.165) is 5.69 Å². The lowest BCUT2D eigenvalue weighted by Crippen LogP contribution is -2.24. The van der Waals surface area contributed by atoms with Crippen LogP contribution in [0.15, 0.2) is 24.3 Å². The second-order valence-corrected chi connectivity index (χ2v) is 4.09. The highest BCUT2D eigenvalue weighted by molar-refractivity contribution is 5.97. The Morgan fingerprint density at radius 1 is 1.47 bits per heavy atom. The fourth-order valence-electron chi connectivity index (χ4n) is 1.73. The number of hydrogen-bond acceptors (Lipinski definition) is 3. The van der Waals surface area contributed by atoms with E-state index in [1.165, 1.54) is 6.07 Å². The van der Waals surface area contributed by atoms with Gasteiger partial charge in [0.25, 0.3) is 5.91 Å². The number of aromatic amines is 1. The largest absolute Gasteiger partial charge is 0.395 e. The molecule has 0 bridgehead atoms. The Morgan fingerprint density at radius 3 is 2.84 bits per heavy atom.